The molecule has 5 nitrogen and oxygen atoms in total. The van der Waals surface area contributed by atoms with Crippen molar-refractivity contribution in [1.29, 1.82) is 0 Å². The van der Waals surface area contributed by atoms with Gasteiger partial charge in [0, 0.05) is 13.1 Å². The van der Waals surface area contributed by atoms with Crippen LogP contribution in [0.2, 0.25) is 0 Å². The number of benzene rings is 1. The van der Waals surface area contributed by atoms with Crippen LogP contribution in [0.3, 0.4) is 0 Å². The van der Waals surface area contributed by atoms with Crippen LogP contribution in [0.5, 0.6) is 11.5 Å². The van der Waals surface area contributed by atoms with Gasteiger partial charge in [-0.1, -0.05) is 19.9 Å². The third-order valence-electron chi connectivity index (χ3n) is 3.23. The number of nitrogens with one attached hydrogen (secondary N) is 2. The first kappa shape index (κ1) is 18.1. The minimum atomic E-state index is -0.112. The predicted octanol–water partition coefficient (Wildman–Crippen LogP) is 2.98. The van der Waals surface area contributed by atoms with Crippen molar-refractivity contribution in [3.05, 3.63) is 23.8 Å². The van der Waals surface area contributed by atoms with Crippen molar-refractivity contribution in [2.24, 2.45) is 5.92 Å². The molecular weight excluding hydrogens is 280 g/mol. The highest BCUT2D eigenvalue weighted by atomic mass is 16.5. The molecule has 22 heavy (non-hydrogen) atoms. The van der Waals surface area contributed by atoms with Crippen LogP contribution in [0.4, 0.5) is 4.79 Å². The van der Waals surface area contributed by atoms with Gasteiger partial charge in [0.15, 0.2) is 11.5 Å². The molecule has 0 bridgehead atoms. The first-order chi connectivity index (χ1) is 10.6. The van der Waals surface area contributed by atoms with E-state index in [0.717, 1.165) is 29.9 Å². The van der Waals surface area contributed by atoms with Crippen molar-refractivity contribution in [2.45, 2.75) is 33.6 Å². The Morgan fingerprint density at radius 3 is 2.55 bits per heavy atom. The smallest absolute Gasteiger partial charge is 0.314 e. The van der Waals surface area contributed by atoms with Gasteiger partial charge < -0.3 is 20.1 Å². The summed E-state index contributed by atoms with van der Waals surface area (Å²) in [6.07, 6.45) is 1.74. The van der Waals surface area contributed by atoms with Crippen molar-refractivity contribution in [2.75, 3.05) is 26.8 Å². The zero-order valence-corrected chi connectivity index (χ0v) is 14.1. The molecule has 0 saturated heterocycles. The van der Waals surface area contributed by atoms with Gasteiger partial charge in [-0.15, -0.1) is 0 Å². The lowest BCUT2D eigenvalue weighted by Gasteiger charge is -2.12. The van der Waals surface area contributed by atoms with Crippen molar-refractivity contribution >= 4 is 6.03 Å². The summed E-state index contributed by atoms with van der Waals surface area (Å²) in [4.78, 5) is 11.6. The maximum absolute atomic E-state index is 11.6. The number of carbonyl (C=O) groups excluding carboxylic acids is 1. The van der Waals surface area contributed by atoms with Crippen LogP contribution in [0, 0.1) is 5.92 Å². The summed E-state index contributed by atoms with van der Waals surface area (Å²) in [6, 6.07) is 5.73. The molecular formula is C17H28N2O3. The Morgan fingerprint density at radius 2 is 1.91 bits per heavy atom. The molecule has 1 aromatic rings. The van der Waals surface area contributed by atoms with Gasteiger partial charge in [-0.25, -0.2) is 4.79 Å². The summed E-state index contributed by atoms with van der Waals surface area (Å²) in [5.74, 6) is 2.06. The van der Waals surface area contributed by atoms with Crippen LogP contribution in [0.1, 0.15) is 32.8 Å². The number of rotatable bonds is 9. The van der Waals surface area contributed by atoms with Crippen LogP contribution in [-0.2, 0) is 6.42 Å². The zero-order valence-electron chi connectivity index (χ0n) is 14.1. The number of hydrogen-bond donors (Lipinski definition) is 2. The molecule has 2 amide bonds. The summed E-state index contributed by atoms with van der Waals surface area (Å²) in [5, 5.41) is 5.71. The third-order valence-corrected chi connectivity index (χ3v) is 3.23. The van der Waals surface area contributed by atoms with Gasteiger partial charge in [-0.3, -0.25) is 0 Å². The van der Waals surface area contributed by atoms with Crippen LogP contribution < -0.4 is 20.1 Å². The van der Waals surface area contributed by atoms with Crippen molar-refractivity contribution in [3.63, 3.8) is 0 Å². The fourth-order valence-electron chi connectivity index (χ4n) is 2.00. The van der Waals surface area contributed by atoms with Gasteiger partial charge in [0.2, 0.25) is 0 Å². The second kappa shape index (κ2) is 9.92. The second-order valence-corrected chi connectivity index (χ2v) is 5.53. The number of carbonyl (C=O) groups is 1. The second-order valence-electron chi connectivity index (χ2n) is 5.53. The molecule has 0 heterocycles. The molecule has 0 radical (unpaired) electrons. The first-order valence-corrected chi connectivity index (χ1v) is 7.88. The average Bonchev–Trinajstić information content (AvgIpc) is 2.48. The van der Waals surface area contributed by atoms with Crippen molar-refractivity contribution in [3.8, 4) is 11.5 Å². The Labute approximate surface area is 133 Å². The SMILES string of the molecule is CCOc1ccc(CCNC(=O)NCCC(C)C)cc1OC. The molecule has 0 atom stereocenters. The van der Waals surface area contributed by atoms with Gasteiger partial charge in [0.05, 0.1) is 13.7 Å². The monoisotopic (exact) mass is 308 g/mol. The number of ether oxygens (including phenoxy) is 2. The average molecular weight is 308 g/mol. The Balaban J connectivity index is 2.37. The fraction of sp³-hybridized carbons (Fsp3) is 0.588. The number of urea groups is 1. The first-order valence-electron chi connectivity index (χ1n) is 7.88. The fourth-order valence-corrected chi connectivity index (χ4v) is 2.00. The lowest BCUT2D eigenvalue weighted by atomic mass is 10.1. The Hall–Kier alpha value is -1.91. The molecule has 0 aliphatic heterocycles. The van der Waals surface area contributed by atoms with E-state index in [1.807, 2.05) is 25.1 Å². The molecule has 0 saturated carbocycles. The highest BCUT2D eigenvalue weighted by Crippen LogP contribution is 2.28. The maximum Gasteiger partial charge on any atom is 0.314 e. The van der Waals surface area contributed by atoms with Crippen molar-refractivity contribution < 1.29 is 14.3 Å². The molecule has 0 aliphatic carbocycles. The molecule has 5 heteroatoms. The van der Waals surface area contributed by atoms with E-state index in [2.05, 4.69) is 24.5 Å². The standard InChI is InChI=1S/C17H28N2O3/c1-5-22-15-7-6-14(12-16(15)21-4)9-11-19-17(20)18-10-8-13(2)3/h6-7,12-13H,5,8-11H2,1-4H3,(H2,18,19,20). The zero-order chi connectivity index (χ0) is 16.4. The molecule has 0 fully saturated rings. The summed E-state index contributed by atoms with van der Waals surface area (Å²) in [7, 11) is 1.63. The van der Waals surface area contributed by atoms with E-state index in [1.165, 1.54) is 0 Å². The van der Waals surface area contributed by atoms with E-state index in [1.54, 1.807) is 7.11 Å². The predicted molar refractivity (Wildman–Crippen MR) is 88.7 cm³/mol. The van der Waals surface area contributed by atoms with E-state index in [-0.39, 0.29) is 6.03 Å². The Kier molecular flexibility index (Phi) is 8.18. The molecule has 0 aliphatic rings. The quantitative estimate of drug-likeness (QED) is 0.737. The molecule has 1 rings (SSSR count). The van der Waals surface area contributed by atoms with Crippen molar-refractivity contribution in [1.82, 2.24) is 10.6 Å². The van der Waals surface area contributed by atoms with Gasteiger partial charge in [0.25, 0.3) is 0 Å². The Morgan fingerprint density at radius 1 is 1.18 bits per heavy atom. The third kappa shape index (κ3) is 6.70. The highest BCUT2D eigenvalue weighted by molar-refractivity contribution is 5.73. The normalized spacial score (nSPS) is 10.4. The highest BCUT2D eigenvalue weighted by Gasteiger charge is 2.06. The van der Waals surface area contributed by atoms with Crippen LogP contribution in [0.15, 0.2) is 18.2 Å². The lowest BCUT2D eigenvalue weighted by molar-refractivity contribution is 0.240. The largest absolute Gasteiger partial charge is 0.493 e. The minimum Gasteiger partial charge on any atom is -0.493 e. The van der Waals surface area contributed by atoms with E-state index >= 15 is 0 Å². The summed E-state index contributed by atoms with van der Waals surface area (Å²) >= 11 is 0. The summed E-state index contributed by atoms with van der Waals surface area (Å²) < 4.78 is 10.8. The number of methoxy groups -OCH3 is 1. The molecule has 0 aromatic heterocycles. The van der Waals surface area contributed by atoms with E-state index in [9.17, 15) is 4.79 Å². The molecule has 0 spiro atoms. The van der Waals surface area contributed by atoms with E-state index in [0.29, 0.717) is 25.6 Å². The van der Waals surface area contributed by atoms with Gasteiger partial charge >= 0.3 is 6.03 Å². The van der Waals surface area contributed by atoms with Crippen LogP contribution in [-0.4, -0.2) is 32.8 Å². The Bertz CT molecular complexity index is 461. The van der Waals surface area contributed by atoms with E-state index < -0.39 is 0 Å². The topological polar surface area (TPSA) is 59.6 Å². The summed E-state index contributed by atoms with van der Waals surface area (Å²) in [6.45, 7) is 8.12. The minimum absolute atomic E-state index is 0.112. The number of hydrogen-bond acceptors (Lipinski definition) is 3. The van der Waals surface area contributed by atoms with Gasteiger partial charge in [0.1, 0.15) is 0 Å². The molecule has 1 aromatic carbocycles. The molecule has 2 N–H and O–H groups in total. The van der Waals surface area contributed by atoms with Crippen LogP contribution in [0.25, 0.3) is 0 Å². The van der Waals surface area contributed by atoms with Gasteiger partial charge in [-0.05, 0) is 43.4 Å². The van der Waals surface area contributed by atoms with Crippen LogP contribution >= 0.6 is 0 Å². The lowest BCUT2D eigenvalue weighted by Crippen LogP contribution is -2.37. The summed E-state index contributed by atoms with van der Waals surface area (Å²) in [5.41, 5.74) is 1.10. The molecule has 0 unspecified atom stereocenters. The van der Waals surface area contributed by atoms with E-state index in [4.69, 9.17) is 9.47 Å². The molecule has 124 valence electrons. The maximum atomic E-state index is 11.6. The van der Waals surface area contributed by atoms with Gasteiger partial charge in [-0.2, -0.15) is 0 Å². The number of amides is 2.